The third-order valence-corrected chi connectivity index (χ3v) is 3.85. The zero-order valence-electron chi connectivity index (χ0n) is 12.0. The Morgan fingerprint density at radius 3 is 2.05 bits per heavy atom. The van der Waals surface area contributed by atoms with Crippen LogP contribution in [-0.2, 0) is 21.4 Å². The molecule has 0 amide bonds. The normalized spacial score (nSPS) is 13.5. The summed E-state index contributed by atoms with van der Waals surface area (Å²) < 4.78 is 5.09. The van der Waals surface area contributed by atoms with Crippen molar-refractivity contribution < 1.29 is 9.53 Å². The van der Waals surface area contributed by atoms with E-state index in [1.165, 1.54) is 7.11 Å². The van der Waals surface area contributed by atoms with Crippen molar-refractivity contribution in [3.05, 3.63) is 71.8 Å². The Hall–Kier alpha value is -2.09. The molecule has 0 fully saturated rings. The molecule has 104 valence electrons. The van der Waals surface area contributed by atoms with Crippen LogP contribution in [0.5, 0.6) is 0 Å². The van der Waals surface area contributed by atoms with E-state index in [1.807, 2.05) is 55.5 Å². The van der Waals surface area contributed by atoms with Crippen molar-refractivity contribution in [1.82, 2.24) is 0 Å². The number of carbonyl (C=O) groups excluding carboxylic acids is 1. The molecule has 0 heterocycles. The topological polar surface area (TPSA) is 26.3 Å². The third kappa shape index (κ3) is 2.74. The molecule has 2 nitrogen and oxygen atoms in total. The first-order chi connectivity index (χ1) is 9.73. The minimum Gasteiger partial charge on any atom is -0.468 e. The molecule has 0 bridgehead atoms. The molecule has 2 rings (SSSR count). The lowest BCUT2D eigenvalue weighted by molar-refractivity contribution is -0.147. The summed E-state index contributed by atoms with van der Waals surface area (Å²) in [6.45, 7) is 2.03. The number of rotatable bonds is 5. The first-order valence-electron chi connectivity index (χ1n) is 6.91. The van der Waals surface area contributed by atoms with E-state index < -0.39 is 5.41 Å². The Bertz CT molecular complexity index is 548. The molecule has 2 aromatic rings. The maximum Gasteiger partial charge on any atom is 0.316 e. The predicted molar refractivity (Wildman–Crippen MR) is 80.6 cm³/mol. The minimum absolute atomic E-state index is 0.171. The van der Waals surface area contributed by atoms with Gasteiger partial charge in [0, 0.05) is 0 Å². The number of hydrogen-bond acceptors (Lipinski definition) is 2. The molecule has 0 spiro atoms. The molecule has 0 radical (unpaired) electrons. The Labute approximate surface area is 120 Å². The molecule has 20 heavy (non-hydrogen) atoms. The summed E-state index contributed by atoms with van der Waals surface area (Å²) in [5, 5.41) is 0. The first-order valence-corrected chi connectivity index (χ1v) is 6.91. The maximum atomic E-state index is 12.4. The second kappa shape index (κ2) is 6.38. The number of hydrogen-bond donors (Lipinski definition) is 0. The molecule has 0 aliphatic heterocycles. The standard InChI is InChI=1S/C18H20O2/c1-3-18(17(19)20-2,16-12-8-5-9-13-16)14-15-10-6-4-7-11-15/h4-13H,3,14H2,1-2H3. The fourth-order valence-electron chi connectivity index (χ4n) is 2.66. The van der Waals surface area contributed by atoms with E-state index in [-0.39, 0.29) is 5.97 Å². The second-order valence-electron chi connectivity index (χ2n) is 4.96. The maximum absolute atomic E-state index is 12.4. The molecule has 0 aromatic heterocycles. The third-order valence-electron chi connectivity index (χ3n) is 3.85. The predicted octanol–water partition coefficient (Wildman–Crippen LogP) is 3.75. The highest BCUT2D eigenvalue weighted by atomic mass is 16.5. The van der Waals surface area contributed by atoms with Gasteiger partial charge in [0.25, 0.3) is 0 Å². The number of carbonyl (C=O) groups is 1. The van der Waals surface area contributed by atoms with E-state index >= 15 is 0 Å². The van der Waals surface area contributed by atoms with Gasteiger partial charge in [-0.3, -0.25) is 4.79 Å². The summed E-state index contributed by atoms with van der Waals surface area (Å²) in [7, 11) is 1.46. The highest BCUT2D eigenvalue weighted by Crippen LogP contribution is 2.33. The van der Waals surface area contributed by atoms with Gasteiger partial charge in [0.2, 0.25) is 0 Å². The van der Waals surface area contributed by atoms with Gasteiger partial charge in [0.15, 0.2) is 0 Å². The monoisotopic (exact) mass is 268 g/mol. The van der Waals surface area contributed by atoms with Gasteiger partial charge in [0.1, 0.15) is 0 Å². The van der Waals surface area contributed by atoms with Gasteiger partial charge in [-0.2, -0.15) is 0 Å². The van der Waals surface area contributed by atoms with Crippen molar-refractivity contribution >= 4 is 5.97 Å². The van der Waals surface area contributed by atoms with E-state index in [1.54, 1.807) is 0 Å². The molecular formula is C18H20O2. The lowest BCUT2D eigenvalue weighted by Crippen LogP contribution is -2.38. The zero-order chi connectivity index (χ0) is 14.4. The Morgan fingerprint density at radius 1 is 1.00 bits per heavy atom. The molecule has 2 heteroatoms. The van der Waals surface area contributed by atoms with E-state index in [4.69, 9.17) is 4.74 Å². The minimum atomic E-state index is -0.614. The molecule has 0 N–H and O–H groups in total. The van der Waals surface area contributed by atoms with Crippen molar-refractivity contribution in [2.24, 2.45) is 0 Å². The molecule has 0 saturated heterocycles. The summed E-state index contributed by atoms with van der Waals surface area (Å²) in [5.74, 6) is -0.171. The first kappa shape index (κ1) is 14.3. The van der Waals surface area contributed by atoms with Crippen LogP contribution < -0.4 is 0 Å². The van der Waals surface area contributed by atoms with Crippen LogP contribution in [0.4, 0.5) is 0 Å². The second-order valence-corrected chi connectivity index (χ2v) is 4.96. The molecule has 1 atom stereocenters. The largest absolute Gasteiger partial charge is 0.468 e. The molecule has 1 unspecified atom stereocenters. The van der Waals surface area contributed by atoms with Gasteiger partial charge in [-0.25, -0.2) is 0 Å². The van der Waals surface area contributed by atoms with E-state index in [2.05, 4.69) is 12.1 Å². The molecule has 0 saturated carbocycles. The Morgan fingerprint density at radius 2 is 1.55 bits per heavy atom. The van der Waals surface area contributed by atoms with Crippen molar-refractivity contribution in [3.8, 4) is 0 Å². The van der Waals surface area contributed by atoms with Gasteiger partial charge in [-0.15, -0.1) is 0 Å². The van der Waals surface area contributed by atoms with Crippen molar-refractivity contribution in [2.45, 2.75) is 25.2 Å². The summed E-state index contributed by atoms with van der Waals surface area (Å²) in [6, 6.07) is 20.0. The van der Waals surface area contributed by atoms with Crippen LogP contribution in [-0.4, -0.2) is 13.1 Å². The summed E-state index contributed by atoms with van der Waals surface area (Å²) >= 11 is 0. The fourth-order valence-corrected chi connectivity index (χ4v) is 2.66. The molecule has 0 aliphatic rings. The van der Waals surface area contributed by atoms with Gasteiger partial charge in [-0.05, 0) is 24.0 Å². The average molecular weight is 268 g/mol. The van der Waals surface area contributed by atoms with Crippen LogP contribution in [0.15, 0.2) is 60.7 Å². The van der Waals surface area contributed by atoms with Crippen LogP contribution in [0.25, 0.3) is 0 Å². The molecular weight excluding hydrogens is 248 g/mol. The quantitative estimate of drug-likeness (QED) is 0.772. The highest BCUT2D eigenvalue weighted by Gasteiger charge is 2.39. The lowest BCUT2D eigenvalue weighted by atomic mass is 9.73. The summed E-state index contributed by atoms with van der Waals surface area (Å²) in [4.78, 5) is 12.4. The summed E-state index contributed by atoms with van der Waals surface area (Å²) in [5.41, 5.74) is 1.54. The van der Waals surface area contributed by atoms with Crippen LogP contribution in [0, 0.1) is 0 Å². The number of ether oxygens (including phenoxy) is 1. The van der Waals surface area contributed by atoms with Crippen LogP contribution in [0.1, 0.15) is 24.5 Å². The van der Waals surface area contributed by atoms with Crippen LogP contribution in [0.3, 0.4) is 0 Å². The van der Waals surface area contributed by atoms with Crippen LogP contribution >= 0.6 is 0 Å². The smallest absolute Gasteiger partial charge is 0.316 e. The zero-order valence-corrected chi connectivity index (χ0v) is 12.0. The SMILES string of the molecule is CCC(Cc1ccccc1)(C(=O)OC)c1ccccc1. The fraction of sp³-hybridized carbons (Fsp3) is 0.278. The number of benzene rings is 2. The molecule has 2 aromatic carbocycles. The van der Waals surface area contributed by atoms with Gasteiger partial charge >= 0.3 is 5.97 Å². The van der Waals surface area contributed by atoms with Gasteiger partial charge in [0.05, 0.1) is 12.5 Å². The number of esters is 1. The van der Waals surface area contributed by atoms with Gasteiger partial charge in [-0.1, -0.05) is 67.6 Å². The number of methoxy groups -OCH3 is 1. The van der Waals surface area contributed by atoms with E-state index in [9.17, 15) is 4.79 Å². The van der Waals surface area contributed by atoms with E-state index in [0.29, 0.717) is 12.8 Å². The van der Waals surface area contributed by atoms with Crippen molar-refractivity contribution in [1.29, 1.82) is 0 Å². The summed E-state index contributed by atoms with van der Waals surface area (Å²) in [6.07, 6.45) is 1.36. The van der Waals surface area contributed by atoms with Crippen molar-refractivity contribution in [2.75, 3.05) is 7.11 Å². The Balaban J connectivity index is 2.46. The highest BCUT2D eigenvalue weighted by molar-refractivity contribution is 5.83. The Kier molecular flexibility index (Phi) is 4.57. The average Bonchev–Trinajstić information content (AvgIpc) is 2.53. The lowest BCUT2D eigenvalue weighted by Gasteiger charge is -2.30. The van der Waals surface area contributed by atoms with Gasteiger partial charge < -0.3 is 4.74 Å². The van der Waals surface area contributed by atoms with Crippen LogP contribution in [0.2, 0.25) is 0 Å². The van der Waals surface area contributed by atoms with E-state index in [0.717, 1.165) is 11.1 Å². The molecule has 0 aliphatic carbocycles. The van der Waals surface area contributed by atoms with Crippen molar-refractivity contribution in [3.63, 3.8) is 0 Å².